The van der Waals surface area contributed by atoms with E-state index in [-0.39, 0.29) is 28.9 Å². The third-order valence-electron chi connectivity index (χ3n) is 6.61. The highest BCUT2D eigenvalue weighted by Crippen LogP contribution is 2.56. The minimum absolute atomic E-state index is 0.0785. The molecule has 0 saturated heterocycles. The molecular weight excluding hydrogens is 455 g/mol. The number of carbonyl (C=O) groups is 1. The minimum Gasteiger partial charge on any atom is -0.382 e. The molecule has 3 aromatic rings. The van der Waals surface area contributed by atoms with Crippen LogP contribution >= 0.6 is 11.6 Å². The number of rotatable bonds is 4. The molecule has 2 aliphatic carbocycles. The van der Waals surface area contributed by atoms with Crippen LogP contribution in [-0.2, 0) is 13.2 Å². The van der Waals surface area contributed by atoms with Crippen molar-refractivity contribution in [1.82, 2.24) is 20.1 Å². The number of nitrogens with one attached hydrogen (secondary N) is 2. The molecule has 1 aromatic carbocycles. The molecule has 1 spiro atoms. The molecule has 2 fully saturated rings. The van der Waals surface area contributed by atoms with Gasteiger partial charge in [0.25, 0.3) is 5.91 Å². The van der Waals surface area contributed by atoms with Crippen molar-refractivity contribution < 1.29 is 18.0 Å². The van der Waals surface area contributed by atoms with E-state index in [1.165, 1.54) is 18.3 Å². The normalized spacial score (nSPS) is 21.8. The lowest BCUT2D eigenvalue weighted by Gasteiger charge is -2.37. The van der Waals surface area contributed by atoms with Gasteiger partial charge < -0.3 is 10.6 Å². The Labute approximate surface area is 193 Å². The summed E-state index contributed by atoms with van der Waals surface area (Å²) in [5.74, 6) is -0.190. The first-order valence-corrected chi connectivity index (χ1v) is 11.2. The van der Waals surface area contributed by atoms with Gasteiger partial charge in [0.2, 0.25) is 0 Å². The number of nitrogens with zero attached hydrogens (tertiary/aromatic N) is 3. The molecule has 2 atom stereocenters. The zero-order valence-electron chi connectivity index (χ0n) is 17.9. The summed E-state index contributed by atoms with van der Waals surface area (Å²) < 4.78 is 42.0. The molecule has 10 heteroatoms. The first-order chi connectivity index (χ1) is 15.6. The Morgan fingerprint density at radius 2 is 1.97 bits per heavy atom. The topological polar surface area (TPSA) is 71.8 Å². The molecular formula is C23H23ClF3N5O. The van der Waals surface area contributed by atoms with Crippen molar-refractivity contribution in [1.29, 1.82) is 0 Å². The van der Waals surface area contributed by atoms with Gasteiger partial charge in [-0.3, -0.25) is 9.48 Å². The van der Waals surface area contributed by atoms with Crippen LogP contribution < -0.4 is 10.6 Å². The SMILES string of the molecule is Cn1cc(C(=O)N[C@H]2C[C@@H](Nc3cc(C(F)(F)F)nc4ccc(Cl)cc34)CC3(CC3)C2)cn1. The summed E-state index contributed by atoms with van der Waals surface area (Å²) in [6.45, 7) is 0. The van der Waals surface area contributed by atoms with E-state index in [0.29, 0.717) is 28.1 Å². The number of aryl methyl sites for hydroxylation is 1. The van der Waals surface area contributed by atoms with Gasteiger partial charge in [0, 0.05) is 41.4 Å². The molecule has 6 nitrogen and oxygen atoms in total. The molecule has 2 aliphatic rings. The van der Waals surface area contributed by atoms with Crippen LogP contribution in [0.1, 0.15) is 48.2 Å². The zero-order valence-corrected chi connectivity index (χ0v) is 18.7. The van der Waals surface area contributed by atoms with E-state index in [1.54, 1.807) is 24.0 Å². The molecule has 2 N–H and O–H groups in total. The van der Waals surface area contributed by atoms with Crippen LogP contribution in [0.15, 0.2) is 36.7 Å². The number of anilines is 1. The molecule has 2 heterocycles. The average Bonchev–Trinajstić information content (AvgIpc) is 3.31. The maximum Gasteiger partial charge on any atom is 0.433 e. The van der Waals surface area contributed by atoms with Crippen LogP contribution in [-0.4, -0.2) is 32.8 Å². The quantitative estimate of drug-likeness (QED) is 0.543. The lowest BCUT2D eigenvalue weighted by Crippen LogP contribution is -2.45. The van der Waals surface area contributed by atoms with Crippen molar-refractivity contribution >= 4 is 34.1 Å². The number of fused-ring (bicyclic) bond motifs is 1. The molecule has 5 rings (SSSR count). The molecule has 33 heavy (non-hydrogen) atoms. The highest BCUT2D eigenvalue weighted by molar-refractivity contribution is 6.31. The summed E-state index contributed by atoms with van der Waals surface area (Å²) >= 11 is 6.13. The van der Waals surface area contributed by atoms with E-state index < -0.39 is 11.9 Å². The molecule has 174 valence electrons. The van der Waals surface area contributed by atoms with Gasteiger partial charge in [-0.1, -0.05) is 11.6 Å². The van der Waals surface area contributed by atoms with Gasteiger partial charge in [-0.05, 0) is 61.8 Å². The van der Waals surface area contributed by atoms with E-state index in [0.717, 1.165) is 31.7 Å². The summed E-state index contributed by atoms with van der Waals surface area (Å²) in [5, 5.41) is 11.4. The number of pyridine rings is 1. The number of halogens is 4. The van der Waals surface area contributed by atoms with Gasteiger partial charge in [-0.25, -0.2) is 4.98 Å². The standard InChI is InChI=1S/C23H23ClF3N5O/c1-32-12-13(11-28-32)21(33)30-16-7-15(9-22(10-16)4-5-22)29-19-8-20(23(25,26)27)31-18-3-2-14(24)6-17(18)19/h2-3,6,8,11-12,15-16H,4-5,7,9-10H2,1H3,(H,29,31)(H,30,33)/t15-,16+/m1/s1. The summed E-state index contributed by atoms with van der Waals surface area (Å²) in [6, 6.07) is 5.54. The number of alkyl halides is 3. The predicted octanol–water partition coefficient (Wildman–Crippen LogP) is 5.18. The van der Waals surface area contributed by atoms with Crippen LogP contribution in [0.2, 0.25) is 5.02 Å². The van der Waals surface area contributed by atoms with Crippen molar-refractivity contribution in [2.75, 3.05) is 5.32 Å². The van der Waals surface area contributed by atoms with E-state index in [4.69, 9.17) is 11.6 Å². The summed E-state index contributed by atoms with van der Waals surface area (Å²) in [5.41, 5.74) is 0.251. The Bertz CT molecular complexity index is 1220. The lowest BCUT2D eigenvalue weighted by atomic mass is 9.79. The van der Waals surface area contributed by atoms with Crippen molar-refractivity contribution in [3.63, 3.8) is 0 Å². The number of amides is 1. The van der Waals surface area contributed by atoms with Crippen LogP contribution in [0.25, 0.3) is 10.9 Å². The zero-order chi connectivity index (χ0) is 23.4. The Morgan fingerprint density at radius 3 is 2.64 bits per heavy atom. The molecule has 1 amide bonds. The number of carbonyl (C=O) groups excluding carboxylic acids is 1. The van der Waals surface area contributed by atoms with Gasteiger partial charge in [0.05, 0.1) is 17.3 Å². The molecule has 0 bridgehead atoms. The molecule has 0 unspecified atom stereocenters. The number of hydrogen-bond acceptors (Lipinski definition) is 4. The first-order valence-electron chi connectivity index (χ1n) is 10.8. The molecule has 0 aliphatic heterocycles. The second-order valence-corrected chi connectivity index (χ2v) is 9.71. The van der Waals surface area contributed by atoms with Crippen molar-refractivity contribution in [2.45, 2.75) is 50.4 Å². The summed E-state index contributed by atoms with van der Waals surface area (Å²) in [4.78, 5) is 16.4. The van der Waals surface area contributed by atoms with Crippen LogP contribution in [0, 0.1) is 5.41 Å². The fraction of sp³-hybridized carbons (Fsp3) is 0.435. The third kappa shape index (κ3) is 4.64. The van der Waals surface area contributed by atoms with Gasteiger partial charge in [0.1, 0.15) is 5.69 Å². The fourth-order valence-electron chi connectivity index (χ4n) is 4.93. The summed E-state index contributed by atoms with van der Waals surface area (Å²) in [7, 11) is 1.75. The third-order valence-corrected chi connectivity index (χ3v) is 6.84. The van der Waals surface area contributed by atoms with Gasteiger partial charge >= 0.3 is 6.18 Å². The summed E-state index contributed by atoms with van der Waals surface area (Å²) in [6.07, 6.45) is 3.06. The van der Waals surface area contributed by atoms with Crippen molar-refractivity contribution in [3.05, 3.63) is 52.9 Å². The van der Waals surface area contributed by atoms with Crippen LogP contribution in [0.5, 0.6) is 0 Å². The van der Waals surface area contributed by atoms with E-state index >= 15 is 0 Å². The highest BCUT2D eigenvalue weighted by Gasteiger charge is 2.49. The second kappa shape index (κ2) is 7.90. The minimum atomic E-state index is -4.56. The van der Waals surface area contributed by atoms with Crippen molar-refractivity contribution in [3.8, 4) is 0 Å². The van der Waals surface area contributed by atoms with E-state index in [2.05, 4.69) is 20.7 Å². The molecule has 2 aromatic heterocycles. The molecule has 0 radical (unpaired) electrons. The predicted molar refractivity (Wildman–Crippen MR) is 119 cm³/mol. The Balaban J connectivity index is 1.41. The highest BCUT2D eigenvalue weighted by atomic mass is 35.5. The van der Waals surface area contributed by atoms with Crippen molar-refractivity contribution in [2.24, 2.45) is 12.5 Å². The van der Waals surface area contributed by atoms with Gasteiger partial charge in [-0.15, -0.1) is 0 Å². The number of aromatic nitrogens is 3. The molecule has 2 saturated carbocycles. The second-order valence-electron chi connectivity index (χ2n) is 9.27. The monoisotopic (exact) mass is 477 g/mol. The Morgan fingerprint density at radius 1 is 1.21 bits per heavy atom. The maximum absolute atomic E-state index is 13.5. The lowest BCUT2D eigenvalue weighted by molar-refractivity contribution is -0.140. The van der Waals surface area contributed by atoms with E-state index in [9.17, 15) is 18.0 Å². The first kappa shape index (κ1) is 22.0. The Kier molecular flexibility index (Phi) is 5.27. The van der Waals surface area contributed by atoms with Crippen LogP contribution in [0.4, 0.5) is 18.9 Å². The number of hydrogen-bond donors (Lipinski definition) is 2. The van der Waals surface area contributed by atoms with Gasteiger partial charge in [0.15, 0.2) is 0 Å². The number of benzene rings is 1. The van der Waals surface area contributed by atoms with Crippen LogP contribution in [0.3, 0.4) is 0 Å². The smallest absolute Gasteiger partial charge is 0.382 e. The van der Waals surface area contributed by atoms with Gasteiger partial charge in [-0.2, -0.15) is 18.3 Å². The van der Waals surface area contributed by atoms with E-state index in [1.807, 2.05) is 0 Å². The largest absolute Gasteiger partial charge is 0.433 e. The maximum atomic E-state index is 13.5. The Hall–Kier alpha value is -2.81. The fourth-order valence-corrected chi connectivity index (χ4v) is 5.11. The average molecular weight is 478 g/mol.